The van der Waals surface area contributed by atoms with E-state index in [0.717, 1.165) is 46.4 Å². The number of fused-ring (bicyclic) bond motifs is 1. The highest BCUT2D eigenvalue weighted by molar-refractivity contribution is 5.94. The largest absolute Gasteiger partial charge is 0.497 e. The van der Waals surface area contributed by atoms with Gasteiger partial charge in [0.05, 0.1) is 7.11 Å². The topological polar surface area (TPSA) is 65.6 Å². The molecule has 0 spiro atoms. The number of piperazine rings is 1. The summed E-state index contributed by atoms with van der Waals surface area (Å²) in [4.78, 5) is 32.2. The molecule has 1 fully saturated rings. The number of ether oxygens (including phenoxy) is 1. The third kappa shape index (κ3) is 4.17. The van der Waals surface area contributed by atoms with Gasteiger partial charge in [-0.05, 0) is 43.3 Å². The lowest BCUT2D eigenvalue weighted by molar-refractivity contribution is 0.0628. The van der Waals surface area contributed by atoms with Gasteiger partial charge < -0.3 is 14.6 Å². The smallest absolute Gasteiger partial charge is 0.253 e. The molecule has 0 atom stereocenters. The standard InChI is InChI=1S/C23H25N3O3/c1-16-3-5-17(6-4-16)23(28)26-11-9-25(10-12-26)15-19-13-18-14-20(29-2)7-8-21(18)24-22(19)27/h3-8,13-14H,9-12,15H2,1-2H3,(H,24,27). The van der Waals surface area contributed by atoms with Gasteiger partial charge in [-0.1, -0.05) is 17.7 Å². The Balaban J connectivity index is 1.43. The average molecular weight is 391 g/mol. The molecule has 0 aliphatic carbocycles. The lowest BCUT2D eigenvalue weighted by Crippen LogP contribution is -2.48. The van der Waals surface area contributed by atoms with Crippen LogP contribution in [0, 0.1) is 6.92 Å². The lowest BCUT2D eigenvalue weighted by Gasteiger charge is -2.34. The van der Waals surface area contributed by atoms with Crippen LogP contribution in [0.3, 0.4) is 0 Å². The van der Waals surface area contributed by atoms with E-state index in [0.29, 0.717) is 19.6 Å². The first-order chi connectivity index (χ1) is 14.0. The van der Waals surface area contributed by atoms with Gasteiger partial charge in [0.1, 0.15) is 5.75 Å². The fraction of sp³-hybridized carbons (Fsp3) is 0.304. The van der Waals surface area contributed by atoms with Crippen molar-refractivity contribution in [2.75, 3.05) is 33.3 Å². The van der Waals surface area contributed by atoms with Crippen molar-refractivity contribution in [3.63, 3.8) is 0 Å². The van der Waals surface area contributed by atoms with Gasteiger partial charge in [-0.3, -0.25) is 14.5 Å². The van der Waals surface area contributed by atoms with E-state index in [2.05, 4.69) is 9.88 Å². The van der Waals surface area contributed by atoms with Crippen LogP contribution in [0.15, 0.2) is 53.3 Å². The zero-order valence-corrected chi connectivity index (χ0v) is 16.8. The van der Waals surface area contributed by atoms with Gasteiger partial charge in [0.15, 0.2) is 0 Å². The molecule has 150 valence electrons. The summed E-state index contributed by atoms with van der Waals surface area (Å²) in [5.74, 6) is 0.832. The Morgan fingerprint density at radius 1 is 1.03 bits per heavy atom. The maximum Gasteiger partial charge on any atom is 0.253 e. The second-order valence-corrected chi connectivity index (χ2v) is 7.51. The number of hydrogen-bond acceptors (Lipinski definition) is 4. The molecule has 1 saturated heterocycles. The molecular weight excluding hydrogens is 366 g/mol. The van der Waals surface area contributed by atoms with Crippen molar-refractivity contribution in [2.24, 2.45) is 0 Å². The number of hydrogen-bond donors (Lipinski definition) is 1. The first-order valence-corrected chi connectivity index (χ1v) is 9.82. The quantitative estimate of drug-likeness (QED) is 0.743. The molecule has 1 amide bonds. The SMILES string of the molecule is COc1ccc2[nH]c(=O)c(CN3CCN(C(=O)c4ccc(C)cc4)CC3)cc2c1. The zero-order chi connectivity index (χ0) is 20.4. The lowest BCUT2D eigenvalue weighted by atomic mass is 10.1. The maximum absolute atomic E-state index is 12.7. The number of amides is 1. The number of methoxy groups -OCH3 is 1. The summed E-state index contributed by atoms with van der Waals surface area (Å²) in [6.45, 7) is 5.38. The van der Waals surface area contributed by atoms with Gasteiger partial charge in [0, 0.05) is 54.8 Å². The number of carbonyl (C=O) groups excluding carboxylic acids is 1. The normalized spacial score (nSPS) is 14.9. The number of rotatable bonds is 4. The number of nitrogens with one attached hydrogen (secondary N) is 1. The van der Waals surface area contributed by atoms with Crippen molar-refractivity contribution in [3.05, 3.63) is 75.6 Å². The van der Waals surface area contributed by atoms with Crippen LogP contribution in [0.25, 0.3) is 10.9 Å². The Morgan fingerprint density at radius 2 is 1.76 bits per heavy atom. The van der Waals surface area contributed by atoms with Crippen LogP contribution in [0.2, 0.25) is 0 Å². The number of H-pyrrole nitrogens is 1. The minimum Gasteiger partial charge on any atom is -0.497 e. The summed E-state index contributed by atoms with van der Waals surface area (Å²) >= 11 is 0. The molecule has 0 radical (unpaired) electrons. The molecule has 6 nitrogen and oxygen atoms in total. The third-order valence-electron chi connectivity index (χ3n) is 5.48. The van der Waals surface area contributed by atoms with Gasteiger partial charge in [0.2, 0.25) is 0 Å². The molecule has 1 aliphatic heterocycles. The average Bonchev–Trinajstić information content (AvgIpc) is 2.74. The molecule has 0 unspecified atom stereocenters. The van der Waals surface area contributed by atoms with Crippen molar-refractivity contribution in [1.29, 1.82) is 0 Å². The number of pyridine rings is 1. The van der Waals surface area contributed by atoms with E-state index in [9.17, 15) is 9.59 Å². The van der Waals surface area contributed by atoms with E-state index >= 15 is 0 Å². The fourth-order valence-corrected chi connectivity index (χ4v) is 3.70. The van der Waals surface area contributed by atoms with Gasteiger partial charge in [-0.25, -0.2) is 0 Å². The Hall–Kier alpha value is -3.12. The molecule has 6 heteroatoms. The molecule has 2 heterocycles. The molecule has 0 saturated carbocycles. The van der Waals surface area contributed by atoms with Gasteiger partial charge in [0.25, 0.3) is 11.5 Å². The first-order valence-electron chi connectivity index (χ1n) is 9.82. The van der Waals surface area contributed by atoms with Crippen molar-refractivity contribution in [3.8, 4) is 5.75 Å². The molecule has 0 bridgehead atoms. The van der Waals surface area contributed by atoms with E-state index < -0.39 is 0 Å². The van der Waals surface area contributed by atoms with Crippen molar-refractivity contribution in [1.82, 2.24) is 14.8 Å². The van der Waals surface area contributed by atoms with E-state index in [1.807, 2.05) is 60.4 Å². The summed E-state index contributed by atoms with van der Waals surface area (Å²) < 4.78 is 5.28. The molecule has 1 aromatic heterocycles. The number of aromatic amines is 1. The van der Waals surface area contributed by atoms with Gasteiger partial charge >= 0.3 is 0 Å². The second kappa shape index (κ2) is 8.09. The number of carbonyl (C=O) groups is 1. The molecule has 1 N–H and O–H groups in total. The Bertz CT molecular complexity index is 1080. The summed E-state index contributed by atoms with van der Waals surface area (Å²) in [5, 5.41) is 0.951. The van der Waals surface area contributed by atoms with Crippen molar-refractivity contribution < 1.29 is 9.53 Å². The van der Waals surface area contributed by atoms with Crippen LogP contribution >= 0.6 is 0 Å². The minimum absolute atomic E-state index is 0.0687. The number of aromatic nitrogens is 1. The van der Waals surface area contributed by atoms with E-state index in [-0.39, 0.29) is 11.5 Å². The van der Waals surface area contributed by atoms with Crippen LogP contribution in [-0.2, 0) is 6.54 Å². The molecule has 3 aromatic rings. The molecule has 1 aliphatic rings. The Labute approximate surface area is 169 Å². The summed E-state index contributed by atoms with van der Waals surface area (Å²) in [6, 6.07) is 15.2. The van der Waals surface area contributed by atoms with Crippen LogP contribution in [-0.4, -0.2) is 54.0 Å². The van der Waals surface area contributed by atoms with Crippen molar-refractivity contribution in [2.45, 2.75) is 13.5 Å². The Morgan fingerprint density at radius 3 is 2.45 bits per heavy atom. The highest BCUT2D eigenvalue weighted by Crippen LogP contribution is 2.19. The number of aryl methyl sites for hydroxylation is 1. The monoisotopic (exact) mass is 391 g/mol. The van der Waals surface area contributed by atoms with E-state index in [1.165, 1.54) is 0 Å². The van der Waals surface area contributed by atoms with Gasteiger partial charge in [-0.2, -0.15) is 0 Å². The van der Waals surface area contributed by atoms with E-state index in [4.69, 9.17) is 4.74 Å². The maximum atomic E-state index is 12.7. The van der Waals surface area contributed by atoms with Gasteiger partial charge in [-0.15, -0.1) is 0 Å². The highest BCUT2D eigenvalue weighted by atomic mass is 16.5. The van der Waals surface area contributed by atoms with Crippen molar-refractivity contribution >= 4 is 16.8 Å². The van der Waals surface area contributed by atoms with E-state index in [1.54, 1.807) is 7.11 Å². The third-order valence-corrected chi connectivity index (χ3v) is 5.48. The highest BCUT2D eigenvalue weighted by Gasteiger charge is 2.22. The van der Waals surface area contributed by atoms with Crippen LogP contribution in [0.1, 0.15) is 21.5 Å². The predicted molar refractivity (Wildman–Crippen MR) is 113 cm³/mol. The summed E-state index contributed by atoms with van der Waals surface area (Å²) in [5.41, 5.74) is 3.33. The van der Waals surface area contributed by atoms with Crippen LogP contribution in [0.4, 0.5) is 0 Å². The van der Waals surface area contributed by atoms with Crippen LogP contribution in [0.5, 0.6) is 5.75 Å². The summed E-state index contributed by atoms with van der Waals surface area (Å²) in [6.07, 6.45) is 0. The zero-order valence-electron chi connectivity index (χ0n) is 16.8. The number of nitrogens with zero attached hydrogens (tertiary/aromatic N) is 2. The molecule has 4 rings (SSSR count). The minimum atomic E-state index is -0.0687. The predicted octanol–water partition coefficient (Wildman–Crippen LogP) is 2.80. The fourth-order valence-electron chi connectivity index (χ4n) is 3.70. The molecular formula is C23H25N3O3. The number of benzene rings is 2. The second-order valence-electron chi connectivity index (χ2n) is 7.51. The molecule has 2 aromatic carbocycles. The first kappa shape index (κ1) is 19.2. The molecule has 29 heavy (non-hydrogen) atoms. The van der Waals surface area contributed by atoms with Crippen LogP contribution < -0.4 is 10.3 Å². The Kier molecular flexibility index (Phi) is 5.36. The summed E-state index contributed by atoms with van der Waals surface area (Å²) in [7, 11) is 1.63.